The van der Waals surface area contributed by atoms with Gasteiger partial charge in [0.25, 0.3) is 0 Å². The van der Waals surface area contributed by atoms with Crippen LogP contribution in [0.4, 0.5) is 0 Å². The van der Waals surface area contributed by atoms with E-state index in [1.165, 1.54) is 0 Å². The number of rotatable bonds is 10. The minimum atomic E-state index is -0.982. The van der Waals surface area contributed by atoms with Crippen molar-refractivity contribution in [3.63, 3.8) is 0 Å². The summed E-state index contributed by atoms with van der Waals surface area (Å²) in [4.78, 5) is 11.9. The molecular formula is C21H36O6. The highest BCUT2D eigenvalue weighted by molar-refractivity contribution is 5.90. The van der Waals surface area contributed by atoms with Crippen LogP contribution in [0.1, 0.15) is 59.8 Å². The van der Waals surface area contributed by atoms with Gasteiger partial charge in [-0.15, -0.1) is 0 Å². The van der Waals surface area contributed by atoms with Gasteiger partial charge in [0.2, 0.25) is 0 Å². The molecule has 2 aliphatic heterocycles. The Morgan fingerprint density at radius 2 is 1.93 bits per heavy atom. The Hall–Kier alpha value is -0.790. The maximum Gasteiger partial charge on any atom is 0.155 e. The van der Waals surface area contributed by atoms with E-state index in [4.69, 9.17) is 9.47 Å². The lowest BCUT2D eigenvalue weighted by Crippen LogP contribution is -2.50. The third-order valence-electron chi connectivity index (χ3n) is 5.88. The molecule has 8 atom stereocenters. The number of epoxide rings is 1. The van der Waals surface area contributed by atoms with E-state index in [0.29, 0.717) is 25.9 Å². The lowest BCUT2D eigenvalue weighted by atomic mass is 9.85. The van der Waals surface area contributed by atoms with Crippen molar-refractivity contribution in [3.05, 3.63) is 11.6 Å². The minimum absolute atomic E-state index is 0.000538. The molecule has 0 saturated carbocycles. The quantitative estimate of drug-likeness (QED) is 0.393. The average molecular weight is 385 g/mol. The number of hydrogen-bond acceptors (Lipinski definition) is 6. The van der Waals surface area contributed by atoms with E-state index < -0.39 is 24.4 Å². The first-order valence-electron chi connectivity index (χ1n) is 10.3. The summed E-state index contributed by atoms with van der Waals surface area (Å²) in [6, 6.07) is 0. The Bertz CT molecular complexity index is 517. The molecule has 0 bridgehead atoms. The van der Waals surface area contributed by atoms with Gasteiger partial charge in [0.15, 0.2) is 5.78 Å². The zero-order valence-corrected chi connectivity index (χ0v) is 17.0. The van der Waals surface area contributed by atoms with Crippen LogP contribution in [0, 0.1) is 11.8 Å². The van der Waals surface area contributed by atoms with E-state index in [-0.39, 0.29) is 29.8 Å². The van der Waals surface area contributed by atoms with Gasteiger partial charge in [-0.25, -0.2) is 0 Å². The van der Waals surface area contributed by atoms with Gasteiger partial charge in [0, 0.05) is 18.3 Å². The van der Waals surface area contributed by atoms with Crippen LogP contribution in [0.25, 0.3) is 0 Å². The van der Waals surface area contributed by atoms with Gasteiger partial charge < -0.3 is 24.8 Å². The number of aliphatic hydroxyl groups excluding tert-OH is 3. The highest BCUT2D eigenvalue weighted by atomic mass is 16.6. The fraction of sp³-hybridized carbons (Fsp3) is 0.857. The molecule has 0 aromatic rings. The Morgan fingerprint density at radius 3 is 2.56 bits per heavy atom. The monoisotopic (exact) mass is 384 g/mol. The maximum absolute atomic E-state index is 11.9. The molecule has 0 aliphatic carbocycles. The number of aliphatic hydroxyl groups is 3. The first kappa shape index (κ1) is 22.5. The number of hydrogen-bond donors (Lipinski definition) is 3. The third-order valence-corrected chi connectivity index (χ3v) is 5.88. The highest BCUT2D eigenvalue weighted by Gasteiger charge is 2.48. The van der Waals surface area contributed by atoms with Crippen molar-refractivity contribution in [2.45, 2.75) is 96.4 Å². The molecule has 156 valence electrons. The largest absolute Gasteiger partial charge is 0.393 e. The normalized spacial score (nSPS) is 36.3. The molecule has 0 aromatic heterocycles. The molecule has 2 fully saturated rings. The van der Waals surface area contributed by atoms with Crippen LogP contribution >= 0.6 is 0 Å². The summed E-state index contributed by atoms with van der Waals surface area (Å²) in [5.74, 6) is -0.0440. The molecule has 2 aliphatic rings. The minimum Gasteiger partial charge on any atom is -0.393 e. The number of unbranched alkanes of at least 4 members (excludes halogenated alkanes) is 1. The zero-order chi connectivity index (χ0) is 20.1. The standard InChI is InChI=1S/C21H36O6/c1-5-6-7-16(23)8-12(2)9-17-20(25)19(24)15(11-26-17)10-18-21(27-18)13(3)14(4)22/h8,13-15,17-22,24-25H,5-7,9-11H2,1-4H3/b12-8+/t13-,14-,15-,17-,18-,19+,20-,21-/m0/s1. The maximum atomic E-state index is 11.9. The number of carbonyl (C=O) groups is 1. The third kappa shape index (κ3) is 6.36. The molecule has 2 rings (SSSR count). The molecule has 2 heterocycles. The average Bonchev–Trinajstić information content (AvgIpc) is 3.37. The Morgan fingerprint density at radius 1 is 1.22 bits per heavy atom. The second kappa shape index (κ2) is 10.1. The number of ether oxygens (including phenoxy) is 2. The van der Waals surface area contributed by atoms with E-state index in [1.807, 2.05) is 20.8 Å². The van der Waals surface area contributed by atoms with E-state index >= 15 is 0 Å². The topological polar surface area (TPSA) is 99.5 Å². The van der Waals surface area contributed by atoms with Crippen LogP contribution in [0.15, 0.2) is 11.6 Å². The van der Waals surface area contributed by atoms with Gasteiger partial charge in [0.1, 0.15) is 6.10 Å². The Labute approximate surface area is 162 Å². The molecule has 0 aromatic carbocycles. The van der Waals surface area contributed by atoms with Crippen molar-refractivity contribution in [2.24, 2.45) is 11.8 Å². The summed E-state index contributed by atoms with van der Waals surface area (Å²) in [6.45, 7) is 7.96. The molecule has 0 radical (unpaired) electrons. The fourth-order valence-electron chi connectivity index (χ4n) is 3.79. The molecule has 0 spiro atoms. The van der Waals surface area contributed by atoms with Crippen molar-refractivity contribution >= 4 is 5.78 Å². The van der Waals surface area contributed by atoms with Gasteiger partial charge >= 0.3 is 0 Å². The lowest BCUT2D eigenvalue weighted by molar-refractivity contribution is -0.165. The number of carbonyl (C=O) groups excluding carboxylic acids is 1. The molecule has 2 saturated heterocycles. The molecule has 0 unspecified atom stereocenters. The smallest absolute Gasteiger partial charge is 0.155 e. The predicted octanol–water partition coefficient (Wildman–Crippen LogP) is 1.99. The SMILES string of the molecule is CCCCC(=O)/C=C(\C)C[C@@H]1OC[C@H](C[C@@H]2O[C@H]2[C@@H](C)[C@H](C)O)[C@@H](O)[C@H]1O. The van der Waals surface area contributed by atoms with Crippen molar-refractivity contribution in [3.8, 4) is 0 Å². The zero-order valence-electron chi connectivity index (χ0n) is 17.0. The highest BCUT2D eigenvalue weighted by Crippen LogP contribution is 2.38. The summed E-state index contributed by atoms with van der Waals surface area (Å²) in [7, 11) is 0. The fourth-order valence-corrected chi connectivity index (χ4v) is 3.79. The van der Waals surface area contributed by atoms with Crippen LogP contribution in [0.5, 0.6) is 0 Å². The van der Waals surface area contributed by atoms with E-state index in [9.17, 15) is 20.1 Å². The number of ketones is 1. The first-order valence-corrected chi connectivity index (χ1v) is 10.3. The van der Waals surface area contributed by atoms with Crippen molar-refractivity contribution in [2.75, 3.05) is 6.61 Å². The van der Waals surface area contributed by atoms with Gasteiger partial charge in [-0.05, 0) is 39.2 Å². The summed E-state index contributed by atoms with van der Waals surface area (Å²) >= 11 is 0. The Balaban J connectivity index is 1.81. The van der Waals surface area contributed by atoms with Crippen LogP contribution in [0.2, 0.25) is 0 Å². The van der Waals surface area contributed by atoms with E-state index in [1.54, 1.807) is 13.0 Å². The van der Waals surface area contributed by atoms with E-state index in [2.05, 4.69) is 0 Å². The van der Waals surface area contributed by atoms with Crippen LogP contribution in [-0.2, 0) is 14.3 Å². The van der Waals surface area contributed by atoms with Gasteiger partial charge in [-0.3, -0.25) is 4.79 Å². The first-order chi connectivity index (χ1) is 12.7. The summed E-state index contributed by atoms with van der Waals surface area (Å²) < 4.78 is 11.5. The Kier molecular flexibility index (Phi) is 8.43. The molecule has 3 N–H and O–H groups in total. The van der Waals surface area contributed by atoms with Crippen LogP contribution in [-0.4, -0.2) is 64.3 Å². The van der Waals surface area contributed by atoms with Crippen molar-refractivity contribution in [1.29, 1.82) is 0 Å². The molecule has 6 nitrogen and oxygen atoms in total. The summed E-state index contributed by atoms with van der Waals surface area (Å²) in [5, 5.41) is 30.6. The molecular weight excluding hydrogens is 348 g/mol. The van der Waals surface area contributed by atoms with E-state index in [0.717, 1.165) is 18.4 Å². The van der Waals surface area contributed by atoms with Gasteiger partial charge in [0.05, 0.1) is 37.1 Å². The number of allylic oxidation sites excluding steroid dienone is 1. The van der Waals surface area contributed by atoms with Gasteiger partial charge in [-0.2, -0.15) is 0 Å². The molecule has 0 amide bonds. The molecule has 6 heteroatoms. The molecule has 27 heavy (non-hydrogen) atoms. The van der Waals surface area contributed by atoms with Crippen LogP contribution < -0.4 is 0 Å². The van der Waals surface area contributed by atoms with Gasteiger partial charge in [-0.1, -0.05) is 25.8 Å². The van der Waals surface area contributed by atoms with Crippen molar-refractivity contribution < 1.29 is 29.6 Å². The van der Waals surface area contributed by atoms with Crippen LogP contribution in [0.3, 0.4) is 0 Å². The second-order valence-electron chi connectivity index (χ2n) is 8.35. The summed E-state index contributed by atoms with van der Waals surface area (Å²) in [6.07, 6.45) is 2.29. The lowest BCUT2D eigenvalue weighted by Gasteiger charge is -2.38. The predicted molar refractivity (Wildman–Crippen MR) is 102 cm³/mol. The summed E-state index contributed by atoms with van der Waals surface area (Å²) in [5.41, 5.74) is 0.863. The van der Waals surface area contributed by atoms with Crippen molar-refractivity contribution in [1.82, 2.24) is 0 Å². The second-order valence-corrected chi connectivity index (χ2v) is 8.35.